The number of pyridine rings is 1. The first kappa shape index (κ1) is 13.9. The van der Waals surface area contributed by atoms with E-state index < -0.39 is 0 Å². The van der Waals surface area contributed by atoms with Crippen molar-refractivity contribution in [2.45, 2.75) is 6.92 Å². The van der Waals surface area contributed by atoms with E-state index in [2.05, 4.69) is 37.7 Å². The van der Waals surface area contributed by atoms with Gasteiger partial charge in [0.25, 0.3) is 0 Å². The van der Waals surface area contributed by atoms with Gasteiger partial charge in [-0.25, -0.2) is 15.0 Å². The van der Waals surface area contributed by atoms with Crippen LogP contribution in [0.25, 0.3) is 0 Å². The van der Waals surface area contributed by atoms with E-state index in [0.29, 0.717) is 17.4 Å². The van der Waals surface area contributed by atoms with E-state index in [1.54, 1.807) is 12.5 Å². The van der Waals surface area contributed by atoms with Gasteiger partial charge in [-0.2, -0.15) is 5.26 Å². The van der Waals surface area contributed by atoms with E-state index >= 15 is 0 Å². The minimum Gasteiger partial charge on any atom is -0.356 e. The Hall–Kier alpha value is -2.68. The van der Waals surface area contributed by atoms with Crippen molar-refractivity contribution in [3.05, 3.63) is 42.0 Å². The molecule has 23 heavy (non-hydrogen) atoms. The summed E-state index contributed by atoms with van der Waals surface area (Å²) < 4.78 is 0. The number of nitrogens with zero attached hydrogens (tertiary/aromatic N) is 6. The molecule has 2 fully saturated rings. The first-order valence-electron chi connectivity index (χ1n) is 7.88. The molecule has 0 amide bonds. The average Bonchev–Trinajstić information content (AvgIpc) is 3.14. The standard InChI is InChI=1S/C17H18N6/c1-12-6-19-11-21-16(12)22-7-14-9-23(10-15(14)8-22)17-13(5-18)3-2-4-20-17/h2-4,6,11,14-15H,7-10H2,1H3. The van der Waals surface area contributed by atoms with Gasteiger partial charge in [-0.1, -0.05) is 0 Å². The van der Waals surface area contributed by atoms with Crippen molar-refractivity contribution >= 4 is 11.6 Å². The maximum absolute atomic E-state index is 9.26. The van der Waals surface area contributed by atoms with Gasteiger partial charge in [0.2, 0.25) is 0 Å². The second kappa shape index (κ2) is 5.51. The Morgan fingerprint density at radius 1 is 1.09 bits per heavy atom. The molecule has 4 rings (SSSR count). The van der Waals surface area contributed by atoms with Gasteiger partial charge in [0.15, 0.2) is 0 Å². The van der Waals surface area contributed by atoms with Gasteiger partial charge in [0.1, 0.15) is 24.0 Å². The molecular weight excluding hydrogens is 288 g/mol. The van der Waals surface area contributed by atoms with Crippen molar-refractivity contribution in [3.63, 3.8) is 0 Å². The predicted molar refractivity (Wildman–Crippen MR) is 87.1 cm³/mol. The van der Waals surface area contributed by atoms with Crippen LogP contribution in [0.3, 0.4) is 0 Å². The molecular formula is C17H18N6. The van der Waals surface area contributed by atoms with Crippen LogP contribution in [-0.2, 0) is 0 Å². The van der Waals surface area contributed by atoms with Crippen LogP contribution in [-0.4, -0.2) is 41.1 Å². The van der Waals surface area contributed by atoms with Gasteiger partial charge in [-0.3, -0.25) is 0 Å². The van der Waals surface area contributed by atoms with E-state index in [-0.39, 0.29) is 0 Å². The SMILES string of the molecule is Cc1cncnc1N1CC2CN(c3ncccc3C#N)CC2C1. The fourth-order valence-corrected chi connectivity index (χ4v) is 3.80. The number of rotatable bonds is 2. The van der Waals surface area contributed by atoms with Crippen molar-refractivity contribution in [3.8, 4) is 6.07 Å². The van der Waals surface area contributed by atoms with E-state index in [0.717, 1.165) is 43.4 Å². The first-order valence-corrected chi connectivity index (χ1v) is 7.88. The zero-order chi connectivity index (χ0) is 15.8. The normalized spacial score (nSPS) is 23.0. The molecule has 2 aromatic rings. The Kier molecular flexibility index (Phi) is 3.34. The predicted octanol–water partition coefficient (Wildman–Crippen LogP) is 1.62. The molecule has 2 aliphatic rings. The molecule has 0 aliphatic carbocycles. The number of hydrogen-bond acceptors (Lipinski definition) is 6. The van der Waals surface area contributed by atoms with Crippen LogP contribution in [0.4, 0.5) is 11.6 Å². The summed E-state index contributed by atoms with van der Waals surface area (Å²) in [6.07, 6.45) is 5.26. The summed E-state index contributed by atoms with van der Waals surface area (Å²) in [5.41, 5.74) is 1.79. The number of anilines is 2. The van der Waals surface area contributed by atoms with Crippen LogP contribution in [0.15, 0.2) is 30.9 Å². The van der Waals surface area contributed by atoms with Crippen molar-refractivity contribution < 1.29 is 0 Å². The number of aryl methyl sites for hydroxylation is 1. The van der Waals surface area contributed by atoms with Crippen LogP contribution in [0, 0.1) is 30.1 Å². The molecule has 2 aliphatic heterocycles. The topological polar surface area (TPSA) is 68.9 Å². The van der Waals surface area contributed by atoms with Gasteiger partial charge in [0.05, 0.1) is 5.56 Å². The summed E-state index contributed by atoms with van der Waals surface area (Å²) in [7, 11) is 0. The molecule has 0 spiro atoms. The molecule has 116 valence electrons. The largest absolute Gasteiger partial charge is 0.356 e. The van der Waals surface area contributed by atoms with Gasteiger partial charge in [0, 0.05) is 56.0 Å². The van der Waals surface area contributed by atoms with E-state index in [1.807, 2.05) is 18.3 Å². The lowest BCUT2D eigenvalue weighted by atomic mass is 10.0. The first-order chi connectivity index (χ1) is 11.3. The molecule has 6 nitrogen and oxygen atoms in total. The maximum atomic E-state index is 9.26. The van der Waals surface area contributed by atoms with Crippen molar-refractivity contribution in [1.29, 1.82) is 5.26 Å². The molecule has 2 atom stereocenters. The Morgan fingerprint density at radius 2 is 1.78 bits per heavy atom. The van der Waals surface area contributed by atoms with E-state index in [4.69, 9.17) is 0 Å². The van der Waals surface area contributed by atoms with Crippen molar-refractivity contribution in [2.75, 3.05) is 36.0 Å². The van der Waals surface area contributed by atoms with Gasteiger partial charge in [-0.15, -0.1) is 0 Å². The van der Waals surface area contributed by atoms with Crippen LogP contribution in [0.2, 0.25) is 0 Å². The molecule has 0 radical (unpaired) electrons. The monoisotopic (exact) mass is 306 g/mol. The third kappa shape index (κ3) is 2.38. The van der Waals surface area contributed by atoms with Gasteiger partial charge in [-0.05, 0) is 19.1 Å². The highest BCUT2D eigenvalue weighted by atomic mass is 15.3. The molecule has 0 aromatic carbocycles. The smallest absolute Gasteiger partial charge is 0.146 e. The lowest BCUT2D eigenvalue weighted by molar-refractivity contribution is 0.533. The lowest BCUT2D eigenvalue weighted by Crippen LogP contribution is -2.30. The Morgan fingerprint density at radius 3 is 2.43 bits per heavy atom. The summed E-state index contributed by atoms with van der Waals surface area (Å²) in [6.45, 7) is 5.98. The number of hydrogen-bond donors (Lipinski definition) is 0. The third-order valence-electron chi connectivity index (χ3n) is 4.86. The number of nitriles is 1. The highest BCUT2D eigenvalue weighted by molar-refractivity contribution is 5.55. The number of fused-ring (bicyclic) bond motifs is 1. The minimum atomic E-state index is 0.595. The zero-order valence-corrected chi connectivity index (χ0v) is 13.1. The summed E-state index contributed by atoms with van der Waals surface area (Å²) >= 11 is 0. The fourth-order valence-electron chi connectivity index (χ4n) is 3.80. The third-order valence-corrected chi connectivity index (χ3v) is 4.86. The van der Waals surface area contributed by atoms with Crippen molar-refractivity contribution in [1.82, 2.24) is 15.0 Å². The van der Waals surface area contributed by atoms with Crippen molar-refractivity contribution in [2.24, 2.45) is 11.8 Å². The molecule has 2 aromatic heterocycles. The van der Waals surface area contributed by atoms with Gasteiger partial charge >= 0.3 is 0 Å². The molecule has 0 saturated carbocycles. The fraction of sp³-hybridized carbons (Fsp3) is 0.412. The molecule has 6 heteroatoms. The molecule has 0 bridgehead atoms. The Bertz CT molecular complexity index is 754. The average molecular weight is 306 g/mol. The van der Waals surface area contributed by atoms with Gasteiger partial charge < -0.3 is 9.80 Å². The van der Waals surface area contributed by atoms with Crippen LogP contribution in [0.5, 0.6) is 0 Å². The van der Waals surface area contributed by atoms with Crippen LogP contribution >= 0.6 is 0 Å². The molecule has 2 saturated heterocycles. The van der Waals surface area contributed by atoms with E-state index in [1.165, 1.54) is 0 Å². The second-order valence-electron chi connectivity index (χ2n) is 6.35. The highest BCUT2D eigenvalue weighted by Gasteiger charge is 2.41. The number of aromatic nitrogens is 3. The minimum absolute atomic E-state index is 0.595. The quantitative estimate of drug-likeness (QED) is 0.840. The lowest BCUT2D eigenvalue weighted by Gasteiger charge is -2.24. The van der Waals surface area contributed by atoms with Crippen LogP contribution < -0.4 is 9.80 Å². The summed E-state index contributed by atoms with van der Waals surface area (Å²) in [5, 5.41) is 9.26. The zero-order valence-electron chi connectivity index (χ0n) is 13.1. The summed E-state index contributed by atoms with van der Waals surface area (Å²) in [4.78, 5) is 17.6. The molecule has 4 heterocycles. The summed E-state index contributed by atoms with van der Waals surface area (Å²) in [6, 6.07) is 5.91. The van der Waals surface area contributed by atoms with E-state index in [9.17, 15) is 5.26 Å². The Balaban J connectivity index is 1.51. The van der Waals surface area contributed by atoms with Crippen LogP contribution in [0.1, 0.15) is 11.1 Å². The molecule has 2 unspecified atom stereocenters. The Labute approximate surface area is 135 Å². The highest BCUT2D eigenvalue weighted by Crippen LogP contribution is 2.36. The molecule has 0 N–H and O–H groups in total. The summed E-state index contributed by atoms with van der Waals surface area (Å²) in [5.74, 6) is 3.07. The second-order valence-corrected chi connectivity index (χ2v) is 6.35. The maximum Gasteiger partial charge on any atom is 0.146 e.